The van der Waals surface area contributed by atoms with Crippen molar-refractivity contribution in [2.24, 2.45) is 0 Å². The molecule has 3 aromatic heterocycles. The molecule has 0 atom stereocenters. The third-order valence-corrected chi connectivity index (χ3v) is 3.11. The van der Waals surface area contributed by atoms with Gasteiger partial charge in [-0.3, -0.25) is 15.1 Å². The Bertz CT molecular complexity index is 950. The predicted octanol–water partition coefficient (Wildman–Crippen LogP) is 1.10. The van der Waals surface area contributed by atoms with Gasteiger partial charge < -0.3 is 0 Å². The molecule has 0 fully saturated rings. The molecule has 0 aliphatic carbocycles. The average Bonchev–Trinajstić information content (AvgIpc) is 3.15. The van der Waals surface area contributed by atoms with Crippen LogP contribution in [0.4, 0.5) is 0 Å². The number of nitrogens with zero attached hydrogens (tertiary/aromatic N) is 4. The second-order valence-electron chi connectivity index (χ2n) is 4.44. The summed E-state index contributed by atoms with van der Waals surface area (Å²) >= 11 is 0. The molecule has 0 saturated heterocycles. The first-order chi connectivity index (χ1) is 10.3. The second-order valence-corrected chi connectivity index (χ2v) is 4.44. The Balaban J connectivity index is 1.75. The van der Waals surface area contributed by atoms with Crippen molar-refractivity contribution in [2.45, 2.75) is 0 Å². The average molecular weight is 279 g/mol. The fraction of sp³-hybridized carbons (Fsp3) is 0. The molecule has 0 aliphatic heterocycles. The third kappa shape index (κ3) is 1.98. The summed E-state index contributed by atoms with van der Waals surface area (Å²) in [5, 5.41) is 6.63. The molecule has 1 aromatic carbocycles. The summed E-state index contributed by atoms with van der Waals surface area (Å²) in [4.78, 5) is 29.0. The third-order valence-electron chi connectivity index (χ3n) is 3.11. The van der Waals surface area contributed by atoms with Crippen LogP contribution in [0.1, 0.15) is 0 Å². The molecule has 8 heteroatoms. The molecule has 3 N–H and O–H groups in total. The van der Waals surface area contributed by atoms with E-state index in [4.69, 9.17) is 0 Å². The van der Waals surface area contributed by atoms with Gasteiger partial charge in [-0.05, 0) is 0 Å². The minimum atomic E-state index is -0.317. The Morgan fingerprint density at radius 1 is 0.905 bits per heavy atom. The van der Waals surface area contributed by atoms with E-state index in [1.54, 1.807) is 6.20 Å². The van der Waals surface area contributed by atoms with Crippen molar-refractivity contribution in [3.05, 3.63) is 47.3 Å². The molecule has 0 aliphatic rings. The smallest absolute Gasteiger partial charge is 0.289 e. The number of aromatic nitrogens is 7. The van der Waals surface area contributed by atoms with Crippen LogP contribution in [0, 0.1) is 0 Å². The van der Waals surface area contributed by atoms with Crippen LogP contribution < -0.4 is 5.69 Å². The molecule has 0 unspecified atom stereocenters. The summed E-state index contributed by atoms with van der Waals surface area (Å²) < 4.78 is 0. The number of nitrogens with one attached hydrogen (secondary N) is 3. The maximum Gasteiger partial charge on any atom is 0.326 e. The Hall–Kier alpha value is -3.29. The molecule has 4 rings (SSSR count). The fourth-order valence-electron chi connectivity index (χ4n) is 2.10. The van der Waals surface area contributed by atoms with Gasteiger partial charge in [0.1, 0.15) is 6.33 Å². The highest BCUT2D eigenvalue weighted by Gasteiger charge is 2.06. The quantitative estimate of drug-likeness (QED) is 0.508. The summed E-state index contributed by atoms with van der Waals surface area (Å²) in [7, 11) is 0. The topological polar surface area (TPSA) is 116 Å². The second kappa shape index (κ2) is 4.37. The van der Waals surface area contributed by atoms with E-state index in [9.17, 15) is 4.79 Å². The van der Waals surface area contributed by atoms with Crippen LogP contribution in [0.5, 0.6) is 0 Å². The number of rotatable bonds is 2. The normalized spacial score (nSPS) is 11.0. The van der Waals surface area contributed by atoms with Crippen LogP contribution in [0.25, 0.3) is 33.9 Å². The SMILES string of the molecule is O=c1[nH]c2ncc(-c3ccc(-c4ncn[nH]4)cc3)nc2[nH]1. The van der Waals surface area contributed by atoms with Gasteiger partial charge >= 0.3 is 5.69 Å². The summed E-state index contributed by atoms with van der Waals surface area (Å²) in [6.45, 7) is 0. The van der Waals surface area contributed by atoms with E-state index in [2.05, 4.69) is 35.1 Å². The molecule has 21 heavy (non-hydrogen) atoms. The number of fused-ring (bicyclic) bond motifs is 1. The highest BCUT2D eigenvalue weighted by atomic mass is 16.1. The number of hydrogen-bond donors (Lipinski definition) is 3. The predicted molar refractivity (Wildman–Crippen MR) is 75.3 cm³/mol. The van der Waals surface area contributed by atoms with Gasteiger partial charge in [0.15, 0.2) is 17.1 Å². The largest absolute Gasteiger partial charge is 0.326 e. The molecule has 8 nitrogen and oxygen atoms in total. The van der Waals surface area contributed by atoms with E-state index >= 15 is 0 Å². The molecule has 102 valence electrons. The van der Waals surface area contributed by atoms with Gasteiger partial charge in [0.05, 0.1) is 11.9 Å². The van der Waals surface area contributed by atoms with E-state index in [-0.39, 0.29) is 5.69 Å². The lowest BCUT2D eigenvalue weighted by Gasteiger charge is -2.01. The van der Waals surface area contributed by atoms with Gasteiger partial charge in [-0.1, -0.05) is 24.3 Å². The molecule has 3 heterocycles. The summed E-state index contributed by atoms with van der Waals surface area (Å²) in [5.74, 6) is 0.707. The molecule has 0 spiro atoms. The van der Waals surface area contributed by atoms with Gasteiger partial charge in [-0.15, -0.1) is 0 Å². The first-order valence-electron chi connectivity index (χ1n) is 6.21. The zero-order chi connectivity index (χ0) is 14.2. The van der Waals surface area contributed by atoms with Crippen molar-refractivity contribution < 1.29 is 0 Å². The Morgan fingerprint density at radius 2 is 1.67 bits per heavy atom. The van der Waals surface area contributed by atoms with Gasteiger partial charge in [0.25, 0.3) is 0 Å². The maximum absolute atomic E-state index is 11.2. The van der Waals surface area contributed by atoms with Crippen molar-refractivity contribution in [3.63, 3.8) is 0 Å². The molecular formula is C13H9N7O. The number of aromatic amines is 3. The fourth-order valence-corrected chi connectivity index (χ4v) is 2.10. The Labute approximate surface area is 117 Å². The van der Waals surface area contributed by atoms with Gasteiger partial charge in [-0.2, -0.15) is 5.10 Å². The van der Waals surface area contributed by atoms with Crippen molar-refractivity contribution >= 4 is 11.3 Å². The highest BCUT2D eigenvalue weighted by molar-refractivity contribution is 5.71. The zero-order valence-corrected chi connectivity index (χ0v) is 10.7. The first-order valence-corrected chi connectivity index (χ1v) is 6.21. The minimum absolute atomic E-state index is 0.317. The van der Waals surface area contributed by atoms with Crippen LogP contribution in [-0.2, 0) is 0 Å². The molecule has 4 aromatic rings. The van der Waals surface area contributed by atoms with Crippen molar-refractivity contribution in [2.75, 3.05) is 0 Å². The van der Waals surface area contributed by atoms with Crippen LogP contribution in [0.2, 0.25) is 0 Å². The molecule has 0 saturated carbocycles. The van der Waals surface area contributed by atoms with Crippen molar-refractivity contribution in [3.8, 4) is 22.6 Å². The van der Waals surface area contributed by atoms with Gasteiger partial charge in [0, 0.05) is 11.1 Å². The van der Waals surface area contributed by atoms with Crippen LogP contribution >= 0.6 is 0 Å². The lowest BCUT2D eigenvalue weighted by atomic mass is 10.1. The number of imidazole rings is 1. The number of benzene rings is 1. The van der Waals surface area contributed by atoms with Gasteiger partial charge in [-0.25, -0.2) is 19.7 Å². The lowest BCUT2D eigenvalue weighted by Crippen LogP contribution is -1.99. The van der Waals surface area contributed by atoms with Crippen LogP contribution in [0.3, 0.4) is 0 Å². The Kier molecular flexibility index (Phi) is 2.40. The van der Waals surface area contributed by atoms with Crippen LogP contribution in [0.15, 0.2) is 41.6 Å². The van der Waals surface area contributed by atoms with E-state index in [0.717, 1.165) is 11.1 Å². The minimum Gasteiger partial charge on any atom is -0.289 e. The standard InChI is InChI=1S/C13H9N7O/c21-13-18-11-12(19-13)17-9(5-14-11)7-1-3-8(4-2-7)10-15-6-16-20-10/h1-6H,(H,15,16,20)(H2,14,17,18,19,21). The zero-order valence-electron chi connectivity index (χ0n) is 10.7. The van der Waals surface area contributed by atoms with E-state index in [1.807, 2.05) is 24.3 Å². The number of H-pyrrole nitrogens is 3. The molecular weight excluding hydrogens is 270 g/mol. The van der Waals surface area contributed by atoms with E-state index in [1.165, 1.54) is 6.33 Å². The van der Waals surface area contributed by atoms with Gasteiger partial charge in [0.2, 0.25) is 0 Å². The Morgan fingerprint density at radius 3 is 2.43 bits per heavy atom. The van der Waals surface area contributed by atoms with E-state index < -0.39 is 0 Å². The summed E-state index contributed by atoms with van der Waals surface area (Å²) in [6.07, 6.45) is 3.08. The lowest BCUT2D eigenvalue weighted by molar-refractivity contribution is 1.10. The number of hydrogen-bond acceptors (Lipinski definition) is 5. The highest BCUT2D eigenvalue weighted by Crippen LogP contribution is 2.21. The van der Waals surface area contributed by atoms with E-state index in [0.29, 0.717) is 22.8 Å². The summed E-state index contributed by atoms with van der Waals surface area (Å²) in [6, 6.07) is 7.67. The molecule has 0 bridgehead atoms. The monoisotopic (exact) mass is 279 g/mol. The maximum atomic E-state index is 11.2. The molecule has 0 radical (unpaired) electrons. The van der Waals surface area contributed by atoms with Crippen LogP contribution in [-0.4, -0.2) is 35.1 Å². The molecule has 0 amide bonds. The van der Waals surface area contributed by atoms with Crippen molar-refractivity contribution in [1.29, 1.82) is 0 Å². The van der Waals surface area contributed by atoms with Crippen molar-refractivity contribution in [1.82, 2.24) is 35.1 Å². The summed E-state index contributed by atoms with van der Waals surface area (Å²) in [5.41, 5.74) is 3.08. The first kappa shape index (κ1) is 11.5.